The van der Waals surface area contributed by atoms with Gasteiger partial charge in [-0.05, 0) is 12.1 Å². The van der Waals surface area contributed by atoms with Gasteiger partial charge in [-0.2, -0.15) is 4.98 Å². The Hall–Kier alpha value is -2.17. The number of rotatable bonds is 4. The van der Waals surface area contributed by atoms with E-state index in [4.69, 9.17) is 18.6 Å². The normalized spacial score (nSPS) is 9.88. The minimum atomic E-state index is 0.132. The summed E-state index contributed by atoms with van der Waals surface area (Å²) in [6.45, 7) is 0. The highest BCUT2D eigenvalue weighted by Crippen LogP contribution is 2.32. The van der Waals surface area contributed by atoms with Gasteiger partial charge < -0.3 is 18.6 Å². The van der Waals surface area contributed by atoms with Gasteiger partial charge in [0, 0.05) is 6.07 Å². The molecule has 0 bridgehead atoms. The molecule has 0 saturated heterocycles. The molecule has 1 radical (unpaired) electrons. The van der Waals surface area contributed by atoms with Crippen molar-refractivity contribution in [2.24, 2.45) is 0 Å². The van der Waals surface area contributed by atoms with Crippen molar-refractivity contribution in [3.63, 3.8) is 0 Å². The maximum Gasteiger partial charge on any atom is 0.399 e. The number of oxazole rings is 1. The van der Waals surface area contributed by atoms with Crippen LogP contribution in [-0.2, 0) is 0 Å². The molecule has 2 rings (SSSR count). The average Bonchev–Trinajstić information content (AvgIpc) is 2.81. The van der Waals surface area contributed by atoms with Gasteiger partial charge in [0.1, 0.15) is 5.75 Å². The summed E-state index contributed by atoms with van der Waals surface area (Å²) in [6.07, 6.45) is 3.95. The van der Waals surface area contributed by atoms with E-state index in [0.717, 1.165) is 0 Å². The van der Waals surface area contributed by atoms with Crippen LogP contribution in [0.1, 0.15) is 0 Å². The van der Waals surface area contributed by atoms with Crippen LogP contribution >= 0.6 is 0 Å². The first-order chi connectivity index (χ1) is 7.83. The Morgan fingerprint density at radius 1 is 1.19 bits per heavy atom. The fraction of sp³-hybridized carbons (Fsp3) is 0.182. The minimum absolute atomic E-state index is 0.132. The molecule has 0 aliphatic carbocycles. The van der Waals surface area contributed by atoms with Crippen LogP contribution in [0.4, 0.5) is 0 Å². The van der Waals surface area contributed by atoms with Gasteiger partial charge in [-0.1, -0.05) is 0 Å². The van der Waals surface area contributed by atoms with Crippen LogP contribution in [0, 0.1) is 6.26 Å². The zero-order valence-corrected chi connectivity index (χ0v) is 8.89. The van der Waals surface area contributed by atoms with E-state index >= 15 is 0 Å². The molecule has 0 aliphatic rings. The Morgan fingerprint density at radius 3 is 2.62 bits per heavy atom. The SMILES string of the molecule is COc1ccc(Oc2nc[c]o2)cc1OC. The first-order valence-electron chi connectivity index (χ1n) is 4.55. The molecule has 2 aromatic rings. The molecule has 0 fully saturated rings. The quantitative estimate of drug-likeness (QED) is 0.791. The number of hydrogen-bond donors (Lipinski definition) is 0. The summed E-state index contributed by atoms with van der Waals surface area (Å²) in [4.78, 5) is 3.79. The number of aromatic nitrogens is 1. The van der Waals surface area contributed by atoms with Crippen molar-refractivity contribution >= 4 is 0 Å². The van der Waals surface area contributed by atoms with E-state index in [-0.39, 0.29) is 6.08 Å². The summed E-state index contributed by atoms with van der Waals surface area (Å²) < 4.78 is 20.4. The van der Waals surface area contributed by atoms with Gasteiger partial charge >= 0.3 is 6.08 Å². The van der Waals surface area contributed by atoms with Crippen molar-refractivity contribution in [1.29, 1.82) is 0 Å². The summed E-state index contributed by atoms with van der Waals surface area (Å²) in [6, 6.07) is 5.15. The zero-order chi connectivity index (χ0) is 11.4. The largest absolute Gasteiger partial charge is 0.493 e. The number of ether oxygens (including phenoxy) is 3. The van der Waals surface area contributed by atoms with E-state index < -0.39 is 0 Å². The van der Waals surface area contributed by atoms with Crippen molar-refractivity contribution in [3.8, 4) is 23.3 Å². The Bertz CT molecular complexity index is 453. The summed E-state index contributed by atoms with van der Waals surface area (Å²) in [5.74, 6) is 1.76. The average molecular weight is 220 g/mol. The third-order valence-corrected chi connectivity index (χ3v) is 1.93. The molecular weight excluding hydrogens is 210 g/mol. The fourth-order valence-electron chi connectivity index (χ4n) is 1.21. The molecule has 0 unspecified atom stereocenters. The predicted molar refractivity (Wildman–Crippen MR) is 55.0 cm³/mol. The Balaban J connectivity index is 2.22. The molecule has 0 amide bonds. The van der Waals surface area contributed by atoms with Crippen LogP contribution in [0.3, 0.4) is 0 Å². The highest BCUT2D eigenvalue weighted by molar-refractivity contribution is 5.45. The molecule has 1 heterocycles. The Morgan fingerprint density at radius 2 is 2.00 bits per heavy atom. The molecule has 1 aromatic carbocycles. The van der Waals surface area contributed by atoms with E-state index in [1.165, 1.54) is 6.20 Å². The van der Waals surface area contributed by atoms with Gasteiger partial charge in [-0.3, -0.25) is 0 Å². The second kappa shape index (κ2) is 4.57. The van der Waals surface area contributed by atoms with Crippen LogP contribution in [0.2, 0.25) is 0 Å². The molecule has 16 heavy (non-hydrogen) atoms. The zero-order valence-electron chi connectivity index (χ0n) is 8.89. The maximum absolute atomic E-state index is 5.32. The lowest BCUT2D eigenvalue weighted by Gasteiger charge is -2.08. The second-order valence-corrected chi connectivity index (χ2v) is 2.86. The lowest BCUT2D eigenvalue weighted by Crippen LogP contribution is -1.91. The molecule has 0 aliphatic heterocycles. The first kappa shape index (κ1) is 10.4. The topological polar surface area (TPSA) is 53.7 Å². The molecule has 5 nitrogen and oxygen atoms in total. The van der Waals surface area contributed by atoms with Crippen molar-refractivity contribution in [3.05, 3.63) is 30.7 Å². The number of nitrogens with zero attached hydrogens (tertiary/aromatic N) is 1. The molecule has 5 heteroatoms. The lowest BCUT2D eigenvalue weighted by atomic mass is 10.3. The molecule has 83 valence electrons. The number of benzene rings is 1. The van der Waals surface area contributed by atoms with Crippen molar-refractivity contribution in [2.75, 3.05) is 14.2 Å². The third kappa shape index (κ3) is 2.08. The molecular formula is C11H10NO4. The third-order valence-electron chi connectivity index (χ3n) is 1.93. The van der Waals surface area contributed by atoms with Crippen molar-refractivity contribution in [2.45, 2.75) is 0 Å². The fourth-order valence-corrected chi connectivity index (χ4v) is 1.21. The smallest absolute Gasteiger partial charge is 0.399 e. The van der Waals surface area contributed by atoms with Gasteiger partial charge in [0.15, 0.2) is 17.8 Å². The highest BCUT2D eigenvalue weighted by Gasteiger charge is 2.07. The van der Waals surface area contributed by atoms with Gasteiger partial charge in [0.25, 0.3) is 0 Å². The van der Waals surface area contributed by atoms with Crippen LogP contribution in [0.5, 0.6) is 23.3 Å². The molecule has 1 aromatic heterocycles. The van der Waals surface area contributed by atoms with Crippen LogP contribution in [0.25, 0.3) is 0 Å². The second-order valence-electron chi connectivity index (χ2n) is 2.86. The molecule has 0 atom stereocenters. The minimum Gasteiger partial charge on any atom is -0.493 e. The first-order valence-corrected chi connectivity index (χ1v) is 4.55. The van der Waals surface area contributed by atoms with E-state index in [0.29, 0.717) is 17.2 Å². The van der Waals surface area contributed by atoms with Crippen LogP contribution < -0.4 is 14.2 Å². The predicted octanol–water partition coefficient (Wildman–Crippen LogP) is 2.28. The van der Waals surface area contributed by atoms with Crippen molar-refractivity contribution in [1.82, 2.24) is 4.98 Å². The van der Waals surface area contributed by atoms with E-state index in [1.807, 2.05) is 0 Å². The van der Waals surface area contributed by atoms with E-state index in [9.17, 15) is 0 Å². The summed E-state index contributed by atoms with van der Waals surface area (Å²) in [7, 11) is 3.13. The van der Waals surface area contributed by atoms with E-state index in [2.05, 4.69) is 11.2 Å². The monoisotopic (exact) mass is 220 g/mol. The lowest BCUT2D eigenvalue weighted by molar-refractivity contribution is 0.321. The van der Waals surface area contributed by atoms with Gasteiger partial charge in [-0.15, -0.1) is 0 Å². The van der Waals surface area contributed by atoms with Crippen LogP contribution in [0.15, 0.2) is 28.8 Å². The van der Waals surface area contributed by atoms with E-state index in [1.54, 1.807) is 32.4 Å². The van der Waals surface area contributed by atoms with Crippen LogP contribution in [-0.4, -0.2) is 19.2 Å². The standard InChI is InChI=1S/C11H10NO4/c1-13-9-4-3-8(7-10(9)14-2)16-11-12-5-6-15-11/h3-5,7H,1-2H3. The summed E-state index contributed by atoms with van der Waals surface area (Å²) in [5.41, 5.74) is 0. The summed E-state index contributed by atoms with van der Waals surface area (Å²) >= 11 is 0. The van der Waals surface area contributed by atoms with Gasteiger partial charge in [-0.25, -0.2) is 0 Å². The Kier molecular flexibility index (Phi) is 2.95. The maximum atomic E-state index is 5.32. The number of hydrogen-bond acceptors (Lipinski definition) is 5. The molecule has 0 N–H and O–H groups in total. The number of methoxy groups -OCH3 is 2. The van der Waals surface area contributed by atoms with Gasteiger partial charge in [0.2, 0.25) is 0 Å². The Labute approximate surface area is 92.6 Å². The highest BCUT2D eigenvalue weighted by atomic mass is 16.6. The van der Waals surface area contributed by atoms with Gasteiger partial charge in [0.05, 0.1) is 20.4 Å². The van der Waals surface area contributed by atoms with Crippen molar-refractivity contribution < 1.29 is 18.6 Å². The molecule has 0 saturated carbocycles. The molecule has 0 spiro atoms. The summed E-state index contributed by atoms with van der Waals surface area (Å²) in [5, 5.41) is 0.